The Hall–Kier alpha value is -0.730. The quantitative estimate of drug-likeness (QED) is 0.583. The standard InChI is InChI=1S/C7H12NO2/c1-3-7(4-2)5-8-6(9)10-7/h3-5H2,1-2H3. The lowest BCUT2D eigenvalue weighted by atomic mass is 9.98. The van der Waals surface area contributed by atoms with Gasteiger partial charge in [-0.2, -0.15) is 0 Å². The Bertz CT molecular complexity index is 141. The van der Waals surface area contributed by atoms with E-state index in [4.69, 9.17) is 4.74 Å². The van der Waals surface area contributed by atoms with Crippen LogP contribution in [0.1, 0.15) is 26.7 Å². The van der Waals surface area contributed by atoms with Crippen LogP contribution in [0.5, 0.6) is 0 Å². The van der Waals surface area contributed by atoms with Crippen LogP contribution in [0.3, 0.4) is 0 Å². The molecule has 1 radical (unpaired) electrons. The zero-order chi connectivity index (χ0) is 7.61. The normalized spacial score (nSPS) is 22.0. The van der Waals surface area contributed by atoms with Crippen LogP contribution in [0.25, 0.3) is 0 Å². The maximum Gasteiger partial charge on any atom is 0.429 e. The molecule has 1 heterocycles. The Morgan fingerprint density at radius 1 is 1.60 bits per heavy atom. The Morgan fingerprint density at radius 2 is 2.20 bits per heavy atom. The molecule has 0 aliphatic carbocycles. The first-order valence-electron chi connectivity index (χ1n) is 3.63. The van der Waals surface area contributed by atoms with Gasteiger partial charge in [-0.25, -0.2) is 10.1 Å². The Morgan fingerprint density at radius 3 is 2.40 bits per heavy atom. The third-order valence-corrected chi connectivity index (χ3v) is 2.09. The van der Waals surface area contributed by atoms with Crippen molar-refractivity contribution in [3.05, 3.63) is 0 Å². The van der Waals surface area contributed by atoms with Crippen LogP contribution in [0.15, 0.2) is 0 Å². The van der Waals surface area contributed by atoms with E-state index in [1.54, 1.807) is 0 Å². The molecule has 57 valence electrons. The summed E-state index contributed by atoms with van der Waals surface area (Å²) in [6, 6.07) is 0. The number of hydrogen-bond donors (Lipinski definition) is 0. The Balaban J connectivity index is 2.59. The first kappa shape index (κ1) is 7.38. The molecule has 1 aliphatic heterocycles. The van der Waals surface area contributed by atoms with Crippen molar-refractivity contribution < 1.29 is 9.53 Å². The molecule has 0 aromatic rings. The van der Waals surface area contributed by atoms with Gasteiger partial charge in [0, 0.05) is 0 Å². The van der Waals surface area contributed by atoms with E-state index in [9.17, 15) is 4.79 Å². The fourth-order valence-corrected chi connectivity index (χ4v) is 1.08. The lowest BCUT2D eigenvalue weighted by molar-refractivity contribution is 0.0504. The summed E-state index contributed by atoms with van der Waals surface area (Å²) in [5.41, 5.74) is -0.267. The maximum atomic E-state index is 10.6. The molecule has 1 rings (SSSR count). The van der Waals surface area contributed by atoms with Gasteiger partial charge in [0.2, 0.25) is 0 Å². The number of amides is 1. The number of hydrogen-bond acceptors (Lipinski definition) is 2. The average molecular weight is 142 g/mol. The fraction of sp³-hybridized carbons (Fsp3) is 0.857. The molecule has 10 heavy (non-hydrogen) atoms. The predicted molar refractivity (Wildman–Crippen MR) is 36.8 cm³/mol. The van der Waals surface area contributed by atoms with Crippen molar-refractivity contribution in [3.63, 3.8) is 0 Å². The largest absolute Gasteiger partial charge is 0.440 e. The summed E-state index contributed by atoms with van der Waals surface area (Å²) in [4.78, 5) is 10.6. The summed E-state index contributed by atoms with van der Waals surface area (Å²) in [5, 5.41) is 3.67. The van der Waals surface area contributed by atoms with E-state index in [-0.39, 0.29) is 5.60 Å². The van der Waals surface area contributed by atoms with Gasteiger partial charge in [-0.15, -0.1) is 0 Å². The molecule has 1 fully saturated rings. The lowest BCUT2D eigenvalue weighted by Gasteiger charge is -2.21. The van der Waals surface area contributed by atoms with Gasteiger partial charge in [-0.05, 0) is 12.8 Å². The van der Waals surface area contributed by atoms with Gasteiger partial charge < -0.3 is 4.74 Å². The maximum absolute atomic E-state index is 10.6. The minimum Gasteiger partial charge on any atom is -0.440 e. The summed E-state index contributed by atoms with van der Waals surface area (Å²) in [6.07, 6.45) is 1.32. The molecule has 1 saturated heterocycles. The highest BCUT2D eigenvalue weighted by atomic mass is 16.6. The van der Waals surface area contributed by atoms with Crippen molar-refractivity contribution in [2.45, 2.75) is 32.3 Å². The van der Waals surface area contributed by atoms with E-state index in [0.29, 0.717) is 6.54 Å². The van der Waals surface area contributed by atoms with E-state index in [1.165, 1.54) is 0 Å². The fourth-order valence-electron chi connectivity index (χ4n) is 1.08. The first-order valence-corrected chi connectivity index (χ1v) is 3.63. The van der Waals surface area contributed by atoms with Crippen LogP contribution in [0.4, 0.5) is 4.79 Å². The van der Waals surface area contributed by atoms with Gasteiger partial charge in [-0.1, -0.05) is 13.8 Å². The highest BCUT2D eigenvalue weighted by Crippen LogP contribution is 2.24. The van der Waals surface area contributed by atoms with Crippen molar-refractivity contribution in [1.29, 1.82) is 0 Å². The predicted octanol–water partition coefficient (Wildman–Crippen LogP) is 1.30. The molecule has 0 unspecified atom stereocenters. The van der Waals surface area contributed by atoms with Gasteiger partial charge in [0.25, 0.3) is 0 Å². The molecule has 1 aliphatic rings. The summed E-state index contributed by atoms with van der Waals surface area (Å²) in [6.45, 7) is 4.56. The number of cyclic esters (lactones) is 1. The van der Waals surface area contributed by atoms with E-state index in [0.717, 1.165) is 12.8 Å². The highest BCUT2D eigenvalue weighted by molar-refractivity contribution is 5.69. The number of carbonyl (C=O) groups excluding carboxylic acids is 1. The molecule has 1 amide bonds. The summed E-state index contributed by atoms with van der Waals surface area (Å²) in [5.74, 6) is 0. The monoisotopic (exact) mass is 142 g/mol. The summed E-state index contributed by atoms with van der Waals surface area (Å²) in [7, 11) is 0. The molecule has 3 heteroatoms. The van der Waals surface area contributed by atoms with Crippen molar-refractivity contribution in [3.8, 4) is 0 Å². The van der Waals surface area contributed by atoms with Crippen LogP contribution in [-0.2, 0) is 4.74 Å². The lowest BCUT2D eigenvalue weighted by Crippen LogP contribution is -2.30. The van der Waals surface area contributed by atoms with Crippen LogP contribution in [0.2, 0.25) is 0 Å². The second kappa shape index (κ2) is 2.48. The molecule has 0 aromatic carbocycles. The van der Waals surface area contributed by atoms with Gasteiger partial charge in [0.05, 0.1) is 6.54 Å². The van der Waals surface area contributed by atoms with E-state index in [1.807, 2.05) is 13.8 Å². The topological polar surface area (TPSA) is 40.4 Å². The number of nitrogens with zero attached hydrogens (tertiary/aromatic N) is 1. The van der Waals surface area contributed by atoms with Crippen LogP contribution in [-0.4, -0.2) is 18.2 Å². The summed E-state index contributed by atoms with van der Waals surface area (Å²) < 4.78 is 5.04. The molecule has 0 saturated carbocycles. The Kier molecular flexibility index (Phi) is 1.83. The zero-order valence-corrected chi connectivity index (χ0v) is 6.39. The van der Waals surface area contributed by atoms with E-state index >= 15 is 0 Å². The second-order valence-electron chi connectivity index (χ2n) is 2.57. The molecule has 3 nitrogen and oxygen atoms in total. The van der Waals surface area contributed by atoms with Crippen molar-refractivity contribution in [2.75, 3.05) is 6.54 Å². The Labute approximate surface area is 60.7 Å². The van der Waals surface area contributed by atoms with E-state index < -0.39 is 6.09 Å². The molecule has 0 aromatic heterocycles. The average Bonchev–Trinajstić information content (AvgIpc) is 2.33. The first-order chi connectivity index (χ1) is 4.72. The van der Waals surface area contributed by atoms with Crippen molar-refractivity contribution >= 4 is 6.09 Å². The SMILES string of the molecule is CCC1(CC)C[N]C(=O)O1. The molecule has 0 atom stereocenters. The molecule has 0 N–H and O–H groups in total. The zero-order valence-electron chi connectivity index (χ0n) is 6.39. The molecule has 0 spiro atoms. The van der Waals surface area contributed by atoms with Crippen LogP contribution < -0.4 is 5.32 Å². The van der Waals surface area contributed by atoms with Crippen LogP contribution in [0, 0.1) is 0 Å². The minimum absolute atomic E-state index is 0.267. The highest BCUT2D eigenvalue weighted by Gasteiger charge is 2.37. The van der Waals surface area contributed by atoms with Gasteiger partial charge >= 0.3 is 6.09 Å². The van der Waals surface area contributed by atoms with Gasteiger partial charge in [0.1, 0.15) is 5.60 Å². The van der Waals surface area contributed by atoms with Crippen molar-refractivity contribution in [1.82, 2.24) is 5.32 Å². The van der Waals surface area contributed by atoms with Gasteiger partial charge in [0.15, 0.2) is 0 Å². The number of carbonyl (C=O) groups is 1. The molecular weight excluding hydrogens is 130 g/mol. The third-order valence-electron chi connectivity index (χ3n) is 2.09. The minimum atomic E-state index is -0.399. The smallest absolute Gasteiger partial charge is 0.429 e. The molecular formula is C7H12NO2. The van der Waals surface area contributed by atoms with E-state index in [2.05, 4.69) is 5.32 Å². The van der Waals surface area contributed by atoms with Crippen molar-refractivity contribution in [2.24, 2.45) is 0 Å². The molecule has 0 bridgehead atoms. The van der Waals surface area contributed by atoms with Gasteiger partial charge in [-0.3, -0.25) is 0 Å². The summed E-state index contributed by atoms with van der Waals surface area (Å²) >= 11 is 0. The number of ether oxygens (including phenoxy) is 1. The van der Waals surface area contributed by atoms with Crippen LogP contribution >= 0.6 is 0 Å². The second-order valence-corrected chi connectivity index (χ2v) is 2.57. The number of rotatable bonds is 2. The third kappa shape index (κ3) is 1.08.